The number of hydrogen-bond acceptors (Lipinski definition) is 5. The van der Waals surface area contributed by atoms with Gasteiger partial charge in [-0.05, 0) is 37.0 Å². The molecule has 0 spiro atoms. The van der Waals surface area contributed by atoms with Crippen LogP contribution in [0, 0.1) is 5.92 Å². The van der Waals surface area contributed by atoms with Gasteiger partial charge in [0.05, 0.1) is 18.5 Å². The molecule has 0 saturated carbocycles. The van der Waals surface area contributed by atoms with Crippen molar-refractivity contribution in [2.45, 2.75) is 25.4 Å². The van der Waals surface area contributed by atoms with Gasteiger partial charge in [-0.1, -0.05) is 42.5 Å². The number of amides is 2. The minimum atomic E-state index is -3.26. The second-order valence-electron chi connectivity index (χ2n) is 8.49. The SMILES string of the molecule is CS(=O)(=O)N1CCC(C(=O)N2CC(C(=O)NCCc3ccccc3)Oc3ccccc32)CC1. The van der Waals surface area contributed by atoms with Gasteiger partial charge in [-0.2, -0.15) is 0 Å². The van der Waals surface area contributed by atoms with E-state index in [1.54, 1.807) is 11.0 Å². The molecular weight excluding hydrogens is 442 g/mol. The van der Waals surface area contributed by atoms with Gasteiger partial charge in [-0.3, -0.25) is 9.59 Å². The fourth-order valence-electron chi connectivity index (χ4n) is 4.32. The summed E-state index contributed by atoms with van der Waals surface area (Å²) >= 11 is 0. The van der Waals surface area contributed by atoms with Gasteiger partial charge < -0.3 is 15.0 Å². The van der Waals surface area contributed by atoms with E-state index in [-0.39, 0.29) is 24.3 Å². The Hall–Kier alpha value is -2.91. The largest absolute Gasteiger partial charge is 0.477 e. The summed E-state index contributed by atoms with van der Waals surface area (Å²) in [6.45, 7) is 1.25. The van der Waals surface area contributed by atoms with Crippen LogP contribution in [0.2, 0.25) is 0 Å². The van der Waals surface area contributed by atoms with Crippen LogP contribution < -0.4 is 15.0 Å². The summed E-state index contributed by atoms with van der Waals surface area (Å²) in [6, 6.07) is 17.1. The quantitative estimate of drug-likeness (QED) is 0.693. The highest BCUT2D eigenvalue weighted by molar-refractivity contribution is 7.88. The monoisotopic (exact) mass is 471 g/mol. The van der Waals surface area contributed by atoms with Crippen molar-refractivity contribution in [3.8, 4) is 5.75 Å². The van der Waals surface area contributed by atoms with Gasteiger partial charge in [0.1, 0.15) is 5.75 Å². The van der Waals surface area contributed by atoms with Gasteiger partial charge in [0.15, 0.2) is 6.10 Å². The number of anilines is 1. The maximum atomic E-state index is 13.4. The Morgan fingerprint density at radius 3 is 2.39 bits per heavy atom. The van der Waals surface area contributed by atoms with Crippen molar-refractivity contribution in [3.05, 3.63) is 60.2 Å². The highest BCUT2D eigenvalue weighted by atomic mass is 32.2. The van der Waals surface area contributed by atoms with Gasteiger partial charge in [0, 0.05) is 25.6 Å². The highest BCUT2D eigenvalue weighted by Gasteiger charge is 2.38. The summed E-state index contributed by atoms with van der Waals surface area (Å²) < 4.78 is 30.9. The van der Waals surface area contributed by atoms with Crippen LogP contribution in [0.25, 0.3) is 0 Å². The lowest BCUT2D eigenvalue weighted by atomic mass is 9.95. The molecular formula is C24H29N3O5S. The maximum absolute atomic E-state index is 13.4. The van der Waals surface area contributed by atoms with Crippen molar-refractivity contribution in [2.24, 2.45) is 5.92 Å². The third-order valence-corrected chi connectivity index (χ3v) is 7.46. The number of ether oxygens (including phenoxy) is 1. The normalized spacial score (nSPS) is 19.4. The molecule has 8 nitrogen and oxygen atoms in total. The Morgan fingerprint density at radius 1 is 1.03 bits per heavy atom. The summed E-state index contributed by atoms with van der Waals surface area (Å²) in [4.78, 5) is 27.9. The van der Waals surface area contributed by atoms with Gasteiger partial charge in [-0.15, -0.1) is 0 Å². The Bertz CT molecular complexity index is 1100. The summed E-state index contributed by atoms with van der Waals surface area (Å²) in [5.41, 5.74) is 1.77. The zero-order valence-corrected chi connectivity index (χ0v) is 19.5. The van der Waals surface area contributed by atoms with Crippen LogP contribution in [0.4, 0.5) is 5.69 Å². The zero-order valence-electron chi connectivity index (χ0n) is 18.6. The van der Waals surface area contributed by atoms with E-state index in [1.165, 1.54) is 10.6 Å². The molecule has 2 aliphatic heterocycles. The molecule has 4 rings (SSSR count). The van der Waals surface area contributed by atoms with E-state index in [1.807, 2.05) is 48.5 Å². The molecule has 9 heteroatoms. The third-order valence-electron chi connectivity index (χ3n) is 6.16. The van der Waals surface area contributed by atoms with Crippen molar-refractivity contribution in [2.75, 3.05) is 37.3 Å². The molecule has 0 radical (unpaired) electrons. The molecule has 33 heavy (non-hydrogen) atoms. The smallest absolute Gasteiger partial charge is 0.262 e. The van der Waals surface area contributed by atoms with Crippen LogP contribution in [0.1, 0.15) is 18.4 Å². The first kappa shape index (κ1) is 23.3. The molecule has 2 aromatic carbocycles. The van der Waals surface area contributed by atoms with E-state index in [0.29, 0.717) is 50.3 Å². The van der Waals surface area contributed by atoms with E-state index in [4.69, 9.17) is 4.74 Å². The molecule has 2 amide bonds. The lowest BCUT2D eigenvalue weighted by Crippen LogP contribution is -2.53. The average molecular weight is 472 g/mol. The second kappa shape index (κ2) is 9.93. The van der Waals surface area contributed by atoms with E-state index >= 15 is 0 Å². The van der Waals surface area contributed by atoms with Crippen molar-refractivity contribution >= 4 is 27.5 Å². The van der Waals surface area contributed by atoms with Crippen LogP contribution >= 0.6 is 0 Å². The molecule has 0 bridgehead atoms. The number of nitrogens with one attached hydrogen (secondary N) is 1. The van der Waals surface area contributed by atoms with Crippen molar-refractivity contribution < 1.29 is 22.7 Å². The molecule has 1 saturated heterocycles. The second-order valence-corrected chi connectivity index (χ2v) is 10.5. The topological polar surface area (TPSA) is 96.0 Å². The van der Waals surface area contributed by atoms with E-state index in [0.717, 1.165) is 5.56 Å². The molecule has 2 aromatic rings. The number of sulfonamides is 1. The van der Waals surface area contributed by atoms with E-state index in [2.05, 4.69) is 5.32 Å². The summed E-state index contributed by atoms with van der Waals surface area (Å²) in [6.07, 6.45) is 2.00. The van der Waals surface area contributed by atoms with E-state index < -0.39 is 16.1 Å². The molecule has 1 atom stereocenters. The number of hydrogen-bond donors (Lipinski definition) is 1. The van der Waals surface area contributed by atoms with Crippen LogP contribution in [-0.4, -0.2) is 63.1 Å². The molecule has 1 unspecified atom stereocenters. The predicted octanol–water partition coefficient (Wildman–Crippen LogP) is 1.81. The van der Waals surface area contributed by atoms with Crippen LogP contribution in [-0.2, 0) is 26.0 Å². The van der Waals surface area contributed by atoms with Gasteiger partial charge >= 0.3 is 0 Å². The molecule has 176 valence electrons. The third kappa shape index (κ3) is 5.54. The van der Waals surface area contributed by atoms with E-state index in [9.17, 15) is 18.0 Å². The number of fused-ring (bicyclic) bond motifs is 1. The molecule has 1 fully saturated rings. The average Bonchev–Trinajstić information content (AvgIpc) is 2.83. The van der Waals surface area contributed by atoms with Gasteiger partial charge in [-0.25, -0.2) is 12.7 Å². The fourth-order valence-corrected chi connectivity index (χ4v) is 5.20. The van der Waals surface area contributed by atoms with Crippen LogP contribution in [0.15, 0.2) is 54.6 Å². The fraction of sp³-hybridized carbons (Fsp3) is 0.417. The number of rotatable bonds is 6. The van der Waals surface area contributed by atoms with Gasteiger partial charge in [0.2, 0.25) is 15.9 Å². The molecule has 2 heterocycles. The Morgan fingerprint density at radius 2 is 1.70 bits per heavy atom. The summed E-state index contributed by atoms with van der Waals surface area (Å²) in [5.74, 6) is -0.157. The zero-order chi connectivity index (χ0) is 23.4. The Balaban J connectivity index is 1.42. The number of carbonyl (C=O) groups is 2. The van der Waals surface area contributed by atoms with Crippen molar-refractivity contribution in [1.82, 2.24) is 9.62 Å². The standard InChI is InChI=1S/C24H29N3O5S/c1-33(30,31)26-15-12-19(13-16-26)24(29)27-17-22(32-21-10-6-5-9-20(21)27)23(28)25-14-11-18-7-3-2-4-8-18/h2-10,19,22H,11-17H2,1H3,(H,25,28). The van der Waals surface area contributed by atoms with Crippen LogP contribution in [0.3, 0.4) is 0 Å². The Labute approximate surface area is 194 Å². The first-order chi connectivity index (χ1) is 15.8. The summed E-state index contributed by atoms with van der Waals surface area (Å²) in [5, 5.41) is 2.92. The Kier molecular flexibility index (Phi) is 6.99. The molecule has 0 aliphatic carbocycles. The number of nitrogens with zero attached hydrogens (tertiary/aromatic N) is 2. The van der Waals surface area contributed by atoms with Crippen molar-refractivity contribution in [3.63, 3.8) is 0 Å². The maximum Gasteiger partial charge on any atom is 0.262 e. The first-order valence-electron chi connectivity index (χ1n) is 11.2. The molecule has 1 N–H and O–H groups in total. The van der Waals surface area contributed by atoms with Crippen molar-refractivity contribution in [1.29, 1.82) is 0 Å². The first-order valence-corrected chi connectivity index (χ1v) is 13.0. The van der Waals surface area contributed by atoms with Crippen LogP contribution in [0.5, 0.6) is 5.75 Å². The van der Waals surface area contributed by atoms with Gasteiger partial charge in [0.25, 0.3) is 5.91 Å². The summed E-state index contributed by atoms with van der Waals surface area (Å²) in [7, 11) is -3.26. The lowest BCUT2D eigenvalue weighted by molar-refractivity contribution is -0.129. The number of para-hydroxylation sites is 2. The molecule has 0 aromatic heterocycles. The minimum Gasteiger partial charge on any atom is -0.477 e. The molecule has 2 aliphatic rings. The number of piperidine rings is 1. The number of carbonyl (C=O) groups excluding carboxylic acids is 2. The lowest BCUT2D eigenvalue weighted by Gasteiger charge is -2.37. The highest BCUT2D eigenvalue weighted by Crippen LogP contribution is 2.35. The minimum absolute atomic E-state index is 0.0963. The predicted molar refractivity (Wildman–Crippen MR) is 126 cm³/mol. The number of benzene rings is 2.